The third kappa shape index (κ3) is 7.69. The summed E-state index contributed by atoms with van der Waals surface area (Å²) in [6, 6.07) is 13.3. The van der Waals surface area contributed by atoms with Gasteiger partial charge in [-0.2, -0.15) is 0 Å². The number of rotatable bonds is 10. The van der Waals surface area contributed by atoms with Crippen LogP contribution in [0.2, 0.25) is 0 Å². The van der Waals surface area contributed by atoms with Gasteiger partial charge in [0.25, 0.3) is 0 Å². The summed E-state index contributed by atoms with van der Waals surface area (Å²) >= 11 is 0. The Morgan fingerprint density at radius 1 is 0.721 bits per heavy atom. The summed E-state index contributed by atoms with van der Waals surface area (Å²) in [5, 5.41) is 7.65. The smallest absolute Gasteiger partial charge is 0.407 e. The van der Waals surface area contributed by atoms with Gasteiger partial charge in [-0.1, -0.05) is 58.0 Å². The number of hydrogen-bond acceptors (Lipinski definition) is 8. The molecule has 0 spiro atoms. The molecule has 4 N–H and O–H groups in total. The minimum atomic E-state index is -0.711. The highest BCUT2D eigenvalue weighted by atomic mass is 16.5. The van der Waals surface area contributed by atoms with Crippen LogP contribution in [-0.4, -0.2) is 92.1 Å². The number of benzene rings is 3. The van der Waals surface area contributed by atoms with Crippen LogP contribution in [0.3, 0.4) is 0 Å². The molecule has 3 aliphatic rings. The van der Waals surface area contributed by atoms with Crippen LogP contribution >= 0.6 is 0 Å². The van der Waals surface area contributed by atoms with E-state index >= 15 is 0 Å². The van der Waals surface area contributed by atoms with Crippen molar-refractivity contribution in [2.24, 2.45) is 11.8 Å². The van der Waals surface area contributed by atoms with Crippen LogP contribution in [0.25, 0.3) is 44.2 Å². The van der Waals surface area contributed by atoms with Crippen molar-refractivity contribution in [3.8, 4) is 22.4 Å². The number of ether oxygens (including phenoxy) is 2. The normalized spacial score (nSPS) is 21.0. The van der Waals surface area contributed by atoms with Crippen molar-refractivity contribution in [1.29, 1.82) is 0 Å². The molecule has 2 aromatic heterocycles. The monoisotopic (exact) mass is 830 g/mol. The topological polar surface area (TPSA) is 175 Å². The van der Waals surface area contributed by atoms with Crippen LogP contribution < -0.4 is 10.6 Å². The lowest BCUT2D eigenvalue weighted by atomic mass is 9.91. The number of hydrogen-bond donors (Lipinski definition) is 4. The minimum absolute atomic E-state index is 0.00152. The quantitative estimate of drug-likeness (QED) is 0.109. The fourth-order valence-corrected chi connectivity index (χ4v) is 9.99. The first-order valence-corrected chi connectivity index (χ1v) is 21.8. The van der Waals surface area contributed by atoms with Gasteiger partial charge in [-0.15, -0.1) is 0 Å². The molecule has 2 fully saturated rings. The van der Waals surface area contributed by atoms with Gasteiger partial charge in [-0.3, -0.25) is 9.59 Å². The van der Waals surface area contributed by atoms with Gasteiger partial charge in [-0.05, 0) is 110 Å². The first-order valence-electron chi connectivity index (χ1n) is 21.8. The summed E-state index contributed by atoms with van der Waals surface area (Å²) < 4.78 is 9.66. The largest absolute Gasteiger partial charge is 0.453 e. The third-order valence-electron chi connectivity index (χ3n) is 13.2. The third-order valence-corrected chi connectivity index (χ3v) is 13.2. The molecule has 14 heteroatoms. The van der Waals surface area contributed by atoms with Gasteiger partial charge in [0.1, 0.15) is 23.7 Å². The van der Waals surface area contributed by atoms with Crippen LogP contribution in [0.1, 0.15) is 109 Å². The zero-order valence-electron chi connectivity index (χ0n) is 36.4. The van der Waals surface area contributed by atoms with Crippen molar-refractivity contribution < 1.29 is 28.7 Å². The number of carbonyl (C=O) groups is 4. The first-order chi connectivity index (χ1) is 29.3. The molecule has 322 valence electrons. The predicted molar refractivity (Wildman–Crippen MR) is 234 cm³/mol. The molecule has 61 heavy (non-hydrogen) atoms. The van der Waals surface area contributed by atoms with E-state index < -0.39 is 24.3 Å². The Labute approximate surface area is 356 Å². The molecule has 0 unspecified atom stereocenters. The van der Waals surface area contributed by atoms with Gasteiger partial charge in [-0.25, -0.2) is 19.6 Å². The van der Waals surface area contributed by atoms with Crippen LogP contribution in [-0.2, 0) is 31.9 Å². The number of aromatic amines is 2. The second kappa shape index (κ2) is 16.9. The highest BCUT2D eigenvalue weighted by Gasteiger charge is 2.43. The molecule has 8 rings (SSSR count). The minimum Gasteiger partial charge on any atom is -0.453 e. The van der Waals surface area contributed by atoms with Crippen molar-refractivity contribution in [3.05, 3.63) is 71.4 Å². The number of carbonyl (C=O) groups excluding carboxylic acids is 4. The number of fused-ring (bicyclic) bond motifs is 4. The summed E-state index contributed by atoms with van der Waals surface area (Å²) in [5.74, 6) is 0.999. The molecule has 0 radical (unpaired) electrons. The Morgan fingerprint density at radius 3 is 1.89 bits per heavy atom. The summed E-state index contributed by atoms with van der Waals surface area (Å²) in [7, 11) is 2.61. The Bertz CT molecular complexity index is 2490. The fraction of sp³-hybridized carbons (Fsp3) is 0.489. The predicted octanol–water partition coefficient (Wildman–Crippen LogP) is 8.13. The van der Waals surface area contributed by atoms with Gasteiger partial charge in [0.2, 0.25) is 11.8 Å². The van der Waals surface area contributed by atoms with E-state index in [2.05, 4.69) is 63.9 Å². The highest BCUT2D eigenvalue weighted by Crippen LogP contribution is 2.42. The van der Waals surface area contributed by atoms with Crippen molar-refractivity contribution in [3.63, 3.8) is 0 Å². The van der Waals surface area contributed by atoms with Gasteiger partial charge < -0.3 is 39.9 Å². The second-order valence-corrected chi connectivity index (χ2v) is 17.8. The number of alkyl carbamates (subject to hydrolysis) is 2. The van der Waals surface area contributed by atoms with E-state index in [9.17, 15) is 19.2 Å². The van der Waals surface area contributed by atoms with Gasteiger partial charge in [0.05, 0.1) is 49.2 Å². The number of amides is 4. The van der Waals surface area contributed by atoms with Crippen molar-refractivity contribution in [1.82, 2.24) is 40.4 Å². The number of nitrogens with one attached hydrogen (secondary N) is 4. The second-order valence-electron chi connectivity index (χ2n) is 17.8. The SMILES string of the molecule is COC(=O)N[C@H](C(=O)N1[C@@H](C)CC[C@H]1c1ncc(-c2ccc(-c3ccc4c(ccc5nc([C@@H]6CC[C@H](C)N6C(=O)[C@@H](NC(=O)OC)C(C)C)[nH]c54)c3)c3c2CCC3)[nH]1)C(C)C. The van der Waals surface area contributed by atoms with Gasteiger partial charge in [0.15, 0.2) is 0 Å². The number of H-pyrrole nitrogens is 2. The van der Waals surface area contributed by atoms with E-state index in [1.54, 1.807) is 0 Å². The zero-order chi connectivity index (χ0) is 43.3. The summed E-state index contributed by atoms with van der Waals surface area (Å²) in [6.07, 6.45) is 6.89. The molecule has 14 nitrogen and oxygen atoms in total. The summed E-state index contributed by atoms with van der Waals surface area (Å²) in [4.78, 5) is 73.1. The van der Waals surface area contributed by atoms with E-state index in [0.717, 1.165) is 95.2 Å². The van der Waals surface area contributed by atoms with Crippen LogP contribution in [0.5, 0.6) is 0 Å². The van der Waals surface area contributed by atoms with E-state index in [0.29, 0.717) is 0 Å². The first kappa shape index (κ1) is 41.8. The average molecular weight is 831 g/mol. The van der Waals surface area contributed by atoms with Crippen molar-refractivity contribution in [2.45, 2.75) is 123 Å². The summed E-state index contributed by atoms with van der Waals surface area (Å²) in [6.45, 7) is 11.8. The maximum atomic E-state index is 14.0. The van der Waals surface area contributed by atoms with Gasteiger partial charge >= 0.3 is 12.2 Å². The number of likely N-dealkylation sites (tertiary alicyclic amines) is 2. The molecule has 2 saturated heterocycles. The lowest BCUT2D eigenvalue weighted by Gasteiger charge is -2.32. The Balaban J connectivity index is 1.06. The molecule has 5 aromatic rings. The maximum Gasteiger partial charge on any atom is 0.407 e. The van der Waals surface area contributed by atoms with Crippen molar-refractivity contribution in [2.75, 3.05) is 14.2 Å². The molecule has 0 bridgehead atoms. The number of methoxy groups -OCH3 is 2. The van der Waals surface area contributed by atoms with Crippen LogP contribution in [0.15, 0.2) is 48.7 Å². The molecular weight excluding hydrogens is 773 g/mol. The Hall–Kier alpha value is -5.92. The van der Waals surface area contributed by atoms with Crippen LogP contribution in [0.4, 0.5) is 9.59 Å². The van der Waals surface area contributed by atoms with Gasteiger partial charge in [0, 0.05) is 23.0 Å². The standard InChI is InChI=1S/C47H58N8O6/c1-24(2)39(52-46(58)60-7)44(56)54-26(5)12-20-37(54)42-48-23-36(50-42)34-18-17-30(32-10-9-11-33(32)34)28-14-16-31-29(22-28)15-19-35-41(31)51-43(49-35)38-21-13-27(6)55(38)45(57)40(25(3)4)53-47(59)61-8/h14-19,22-27,37-40H,9-13,20-21H2,1-8H3,(H,48,50)(H,49,51)(H,52,58)(H,53,59)/t26-,27-,37-,38-,39-,40-/m0/s1. The lowest BCUT2D eigenvalue weighted by Crippen LogP contribution is -2.52. The van der Waals surface area contributed by atoms with E-state index in [-0.39, 0.29) is 47.8 Å². The molecule has 0 saturated carbocycles. The molecule has 2 aliphatic heterocycles. The Morgan fingerprint density at radius 2 is 1.30 bits per heavy atom. The lowest BCUT2D eigenvalue weighted by molar-refractivity contribution is -0.138. The van der Waals surface area contributed by atoms with Crippen LogP contribution in [0, 0.1) is 11.8 Å². The van der Waals surface area contributed by atoms with E-state index in [1.807, 2.05) is 56.7 Å². The number of aromatic nitrogens is 4. The fourth-order valence-electron chi connectivity index (χ4n) is 9.99. The molecule has 6 atom stereocenters. The molecule has 3 aromatic carbocycles. The maximum absolute atomic E-state index is 14.0. The average Bonchev–Trinajstić information content (AvgIpc) is 4.10. The number of imidazole rings is 2. The number of nitrogens with zero attached hydrogens (tertiary/aromatic N) is 4. The molecule has 1 aliphatic carbocycles. The highest BCUT2D eigenvalue weighted by molar-refractivity contribution is 6.05. The summed E-state index contributed by atoms with van der Waals surface area (Å²) in [5.41, 5.74) is 8.89. The molecular formula is C47H58N8O6. The van der Waals surface area contributed by atoms with E-state index in [1.165, 1.54) is 30.9 Å². The molecule has 4 heterocycles. The Kier molecular flexibility index (Phi) is 11.5. The van der Waals surface area contributed by atoms with Crippen molar-refractivity contribution >= 4 is 45.8 Å². The molecule has 4 amide bonds. The zero-order valence-corrected chi connectivity index (χ0v) is 36.4. The van der Waals surface area contributed by atoms with E-state index in [4.69, 9.17) is 19.4 Å².